The van der Waals surface area contributed by atoms with Crippen LogP contribution in [0, 0.1) is 0 Å². The van der Waals surface area contributed by atoms with E-state index >= 15 is 0 Å². The van der Waals surface area contributed by atoms with Crippen molar-refractivity contribution in [2.45, 2.75) is 12.8 Å². The van der Waals surface area contributed by atoms with Gasteiger partial charge in [0.05, 0.1) is 10.6 Å². The zero-order valence-electron chi connectivity index (χ0n) is 12.0. The van der Waals surface area contributed by atoms with Gasteiger partial charge >= 0.3 is 0 Å². The molecule has 0 aliphatic rings. The lowest BCUT2D eigenvalue weighted by molar-refractivity contribution is -0.121. The first-order valence-electron chi connectivity index (χ1n) is 6.97. The van der Waals surface area contributed by atoms with Crippen molar-refractivity contribution in [1.29, 1.82) is 0 Å². The molecule has 0 spiro atoms. The molecular formula is C16H17ClN2O2S. The lowest BCUT2D eigenvalue weighted by Gasteiger charge is -2.08. The monoisotopic (exact) mass is 336 g/mol. The van der Waals surface area contributed by atoms with Crippen molar-refractivity contribution in [3.63, 3.8) is 0 Å². The van der Waals surface area contributed by atoms with Gasteiger partial charge in [-0.05, 0) is 40.9 Å². The molecule has 0 radical (unpaired) electrons. The van der Waals surface area contributed by atoms with E-state index < -0.39 is 0 Å². The Labute approximate surface area is 138 Å². The minimum atomic E-state index is -0.238. The summed E-state index contributed by atoms with van der Waals surface area (Å²) >= 11 is 7.57. The topological polar surface area (TPSA) is 58.2 Å². The normalized spacial score (nSPS) is 10.2. The number of hydrogen-bond donors (Lipinski definition) is 2. The second kappa shape index (κ2) is 8.56. The number of rotatable bonds is 7. The van der Waals surface area contributed by atoms with Crippen molar-refractivity contribution >= 4 is 34.8 Å². The fraction of sp³-hybridized carbons (Fsp3) is 0.250. The Kier molecular flexibility index (Phi) is 6.43. The molecule has 0 unspecified atom stereocenters. The fourth-order valence-electron chi connectivity index (χ4n) is 1.90. The predicted octanol–water partition coefficient (Wildman–Crippen LogP) is 2.88. The third kappa shape index (κ3) is 5.16. The van der Waals surface area contributed by atoms with E-state index in [0.29, 0.717) is 30.1 Å². The molecule has 0 fully saturated rings. The van der Waals surface area contributed by atoms with Gasteiger partial charge in [0.25, 0.3) is 5.91 Å². The Morgan fingerprint density at radius 3 is 2.59 bits per heavy atom. The van der Waals surface area contributed by atoms with Crippen molar-refractivity contribution in [2.24, 2.45) is 0 Å². The number of hydrogen-bond acceptors (Lipinski definition) is 3. The molecule has 6 heteroatoms. The van der Waals surface area contributed by atoms with E-state index in [1.165, 1.54) is 5.56 Å². The zero-order chi connectivity index (χ0) is 15.8. The van der Waals surface area contributed by atoms with Gasteiger partial charge in [0.15, 0.2) is 0 Å². The molecule has 4 nitrogen and oxygen atoms in total. The molecule has 0 saturated carbocycles. The maximum Gasteiger partial charge on any atom is 0.252 e. The van der Waals surface area contributed by atoms with Crippen molar-refractivity contribution in [3.8, 4) is 0 Å². The summed E-state index contributed by atoms with van der Waals surface area (Å²) in [4.78, 5) is 23.5. The molecule has 2 rings (SSSR count). The van der Waals surface area contributed by atoms with Crippen LogP contribution in [0.25, 0.3) is 0 Å². The molecule has 2 amide bonds. The summed E-state index contributed by atoms with van der Waals surface area (Å²) in [5.74, 6) is -0.253. The number of amides is 2. The highest BCUT2D eigenvalue weighted by Crippen LogP contribution is 2.14. The summed E-state index contributed by atoms with van der Waals surface area (Å²) in [6.07, 6.45) is 1.19. The molecule has 2 aromatic rings. The van der Waals surface area contributed by atoms with Crippen molar-refractivity contribution in [1.82, 2.24) is 10.6 Å². The third-order valence-electron chi connectivity index (χ3n) is 3.07. The second-order valence-corrected chi connectivity index (χ2v) is 5.90. The van der Waals surface area contributed by atoms with Gasteiger partial charge in [-0.3, -0.25) is 9.59 Å². The van der Waals surface area contributed by atoms with Crippen LogP contribution in [0.1, 0.15) is 22.3 Å². The number of thiophene rings is 1. The average molecular weight is 337 g/mol. The SMILES string of the molecule is O=C(CCc1ccsc1)NCCNC(=O)c1ccccc1Cl. The summed E-state index contributed by atoms with van der Waals surface area (Å²) in [5.41, 5.74) is 1.61. The first kappa shape index (κ1) is 16.5. The molecule has 116 valence electrons. The van der Waals surface area contributed by atoms with E-state index in [-0.39, 0.29) is 11.8 Å². The average Bonchev–Trinajstić information content (AvgIpc) is 3.03. The minimum absolute atomic E-state index is 0.0156. The number of aryl methyl sites for hydroxylation is 1. The number of nitrogens with one attached hydrogen (secondary N) is 2. The molecule has 1 heterocycles. The van der Waals surface area contributed by atoms with E-state index in [4.69, 9.17) is 11.6 Å². The molecule has 1 aromatic carbocycles. The molecule has 0 aliphatic carbocycles. The highest BCUT2D eigenvalue weighted by atomic mass is 35.5. The van der Waals surface area contributed by atoms with Crippen molar-refractivity contribution in [3.05, 3.63) is 57.2 Å². The highest BCUT2D eigenvalue weighted by Gasteiger charge is 2.08. The van der Waals surface area contributed by atoms with Crippen LogP contribution >= 0.6 is 22.9 Å². The van der Waals surface area contributed by atoms with Gasteiger partial charge in [-0.1, -0.05) is 23.7 Å². The van der Waals surface area contributed by atoms with Gasteiger partial charge in [-0.2, -0.15) is 11.3 Å². The van der Waals surface area contributed by atoms with E-state index in [2.05, 4.69) is 10.6 Å². The molecule has 0 aliphatic heterocycles. The fourth-order valence-corrected chi connectivity index (χ4v) is 2.82. The van der Waals surface area contributed by atoms with Crippen molar-refractivity contribution in [2.75, 3.05) is 13.1 Å². The lowest BCUT2D eigenvalue weighted by atomic mass is 10.2. The second-order valence-electron chi connectivity index (χ2n) is 4.72. The molecular weight excluding hydrogens is 320 g/mol. The van der Waals surface area contributed by atoms with Gasteiger partial charge in [-0.25, -0.2) is 0 Å². The third-order valence-corrected chi connectivity index (χ3v) is 4.13. The molecule has 1 aromatic heterocycles. The van der Waals surface area contributed by atoms with Crippen LogP contribution in [0.5, 0.6) is 0 Å². The standard InChI is InChI=1S/C16H17ClN2O2S/c17-14-4-2-1-3-13(14)16(21)19-9-8-18-15(20)6-5-12-7-10-22-11-12/h1-4,7,10-11H,5-6,8-9H2,(H,18,20)(H,19,21). The molecule has 0 saturated heterocycles. The van der Waals surface area contributed by atoms with Crippen LogP contribution in [-0.2, 0) is 11.2 Å². The summed E-state index contributed by atoms with van der Waals surface area (Å²) in [7, 11) is 0. The molecule has 2 N–H and O–H groups in total. The number of carbonyl (C=O) groups excluding carboxylic acids is 2. The Morgan fingerprint density at radius 1 is 1.09 bits per heavy atom. The van der Waals surface area contributed by atoms with Gasteiger partial charge in [-0.15, -0.1) is 0 Å². The van der Waals surface area contributed by atoms with Gasteiger partial charge in [0, 0.05) is 19.5 Å². The quantitative estimate of drug-likeness (QED) is 0.764. The first-order valence-corrected chi connectivity index (χ1v) is 8.29. The highest BCUT2D eigenvalue weighted by molar-refractivity contribution is 7.07. The van der Waals surface area contributed by atoms with Crippen LogP contribution in [0.3, 0.4) is 0 Å². The minimum Gasteiger partial charge on any atom is -0.354 e. The summed E-state index contributed by atoms with van der Waals surface area (Å²) in [6.45, 7) is 0.771. The summed E-state index contributed by atoms with van der Waals surface area (Å²) in [6, 6.07) is 8.88. The Hall–Kier alpha value is -1.85. The van der Waals surface area contributed by atoms with Gasteiger partial charge in [0.1, 0.15) is 0 Å². The van der Waals surface area contributed by atoms with Crippen LogP contribution in [-0.4, -0.2) is 24.9 Å². The molecule has 22 heavy (non-hydrogen) atoms. The Bertz CT molecular complexity index is 629. The number of carbonyl (C=O) groups is 2. The van der Waals surface area contributed by atoms with Crippen LogP contribution in [0.15, 0.2) is 41.1 Å². The molecule has 0 atom stereocenters. The van der Waals surface area contributed by atoms with E-state index in [1.54, 1.807) is 35.6 Å². The van der Waals surface area contributed by atoms with Crippen LogP contribution in [0.4, 0.5) is 0 Å². The van der Waals surface area contributed by atoms with Crippen LogP contribution < -0.4 is 10.6 Å². The van der Waals surface area contributed by atoms with E-state index in [1.807, 2.05) is 16.8 Å². The first-order chi connectivity index (χ1) is 10.7. The maximum absolute atomic E-state index is 11.9. The van der Waals surface area contributed by atoms with E-state index in [0.717, 1.165) is 6.42 Å². The zero-order valence-corrected chi connectivity index (χ0v) is 13.5. The van der Waals surface area contributed by atoms with E-state index in [9.17, 15) is 9.59 Å². The summed E-state index contributed by atoms with van der Waals surface area (Å²) < 4.78 is 0. The smallest absolute Gasteiger partial charge is 0.252 e. The Morgan fingerprint density at radius 2 is 1.86 bits per heavy atom. The predicted molar refractivity (Wildman–Crippen MR) is 89.4 cm³/mol. The number of benzene rings is 1. The van der Waals surface area contributed by atoms with Crippen LogP contribution in [0.2, 0.25) is 5.02 Å². The van der Waals surface area contributed by atoms with Crippen molar-refractivity contribution < 1.29 is 9.59 Å². The molecule has 0 bridgehead atoms. The van der Waals surface area contributed by atoms with Gasteiger partial charge in [0.2, 0.25) is 5.91 Å². The maximum atomic E-state index is 11.9. The largest absolute Gasteiger partial charge is 0.354 e. The summed E-state index contributed by atoms with van der Waals surface area (Å²) in [5, 5.41) is 9.96. The van der Waals surface area contributed by atoms with Gasteiger partial charge < -0.3 is 10.6 Å². The Balaban J connectivity index is 1.63. The lowest BCUT2D eigenvalue weighted by Crippen LogP contribution is -2.34. The number of halogens is 1.